The van der Waals surface area contributed by atoms with Crippen molar-refractivity contribution in [3.63, 3.8) is 0 Å². The average Bonchev–Trinajstić information content (AvgIpc) is 3.15. The Balaban J connectivity index is 1.73. The zero-order chi connectivity index (χ0) is 31.1. The van der Waals surface area contributed by atoms with Crippen LogP contribution in [-0.4, -0.2) is 46.3 Å². The van der Waals surface area contributed by atoms with Crippen molar-refractivity contribution in [1.82, 2.24) is 0 Å². The first-order valence-electron chi connectivity index (χ1n) is 16.0. The minimum atomic E-state index is -4.03. The standard InChI is InChI=1S/C7H6Si.6C6H5.2Sn/c1-8-7-5-3-2-4-6-7;6*1-2-4-6-5-3-1;;/h1-6H;6*1-5H;;. The predicted octanol–water partition coefficient (Wildman–Crippen LogP) is 5.22. The Morgan fingerprint density at radius 1 is 0.261 bits per heavy atom. The molecule has 0 unspecified atom stereocenters. The second-order valence-corrected chi connectivity index (χ2v) is 43.6. The molecule has 0 saturated carbocycles. The molecule has 0 saturated heterocycles. The van der Waals surface area contributed by atoms with Gasteiger partial charge in [0.15, 0.2) is 0 Å². The molecule has 2 radical (unpaired) electrons. The van der Waals surface area contributed by atoms with E-state index in [2.05, 4.69) is 212 Å². The third kappa shape index (κ3) is 5.74. The van der Waals surface area contributed by atoms with Crippen molar-refractivity contribution in [3.8, 4) is 0 Å². The molecule has 0 N–H and O–H groups in total. The number of hydrogen-bond donors (Lipinski definition) is 0. The molecule has 0 fully saturated rings. The Morgan fingerprint density at radius 2 is 0.457 bits per heavy atom. The first-order chi connectivity index (χ1) is 22.8. The molecule has 0 nitrogen and oxygen atoms in total. The topological polar surface area (TPSA) is 0 Å². The summed E-state index contributed by atoms with van der Waals surface area (Å²) >= 11 is -8.05. The van der Waals surface area contributed by atoms with Crippen LogP contribution in [0.5, 0.6) is 0 Å². The van der Waals surface area contributed by atoms with Gasteiger partial charge in [-0.1, -0.05) is 0 Å². The molecule has 0 aliphatic carbocycles. The van der Waals surface area contributed by atoms with Crippen molar-refractivity contribution in [1.29, 1.82) is 0 Å². The number of rotatable bonds is 10. The third-order valence-corrected chi connectivity index (χ3v) is 61.4. The van der Waals surface area contributed by atoms with Crippen molar-refractivity contribution < 1.29 is 0 Å². The van der Waals surface area contributed by atoms with Gasteiger partial charge < -0.3 is 0 Å². The van der Waals surface area contributed by atoms with Gasteiger partial charge in [0.2, 0.25) is 0 Å². The molecule has 0 aliphatic rings. The Labute approximate surface area is 284 Å². The molecule has 0 bridgehead atoms. The van der Waals surface area contributed by atoms with Gasteiger partial charge in [-0.3, -0.25) is 0 Å². The van der Waals surface area contributed by atoms with E-state index in [0.29, 0.717) is 11.1 Å². The second kappa shape index (κ2) is 14.4. The normalized spacial score (nSPS) is 11.8. The van der Waals surface area contributed by atoms with Gasteiger partial charge in [-0.15, -0.1) is 0 Å². The molecule has 7 aromatic carbocycles. The van der Waals surface area contributed by atoms with Crippen molar-refractivity contribution in [3.05, 3.63) is 212 Å². The summed E-state index contributed by atoms with van der Waals surface area (Å²) in [7, 11) is 0.638. The minimum absolute atomic E-state index is 0.436. The molecule has 7 rings (SSSR count). The van der Waals surface area contributed by atoms with E-state index in [1.807, 2.05) is 0 Å². The van der Waals surface area contributed by atoms with Gasteiger partial charge >= 0.3 is 287 Å². The molecule has 0 spiro atoms. The van der Waals surface area contributed by atoms with Gasteiger partial charge in [0, 0.05) is 0 Å². The van der Waals surface area contributed by atoms with E-state index in [1.54, 1.807) is 21.5 Å². The maximum atomic E-state index is 2.47. The Morgan fingerprint density at radius 3 is 0.674 bits per heavy atom. The molecule has 220 valence electrons. The van der Waals surface area contributed by atoms with E-state index < -0.39 is 36.8 Å². The molecular weight excluding hydrogens is 782 g/mol. The van der Waals surface area contributed by atoms with Crippen LogP contribution < -0.4 is 26.7 Å². The van der Waals surface area contributed by atoms with Crippen LogP contribution in [0.25, 0.3) is 0 Å². The van der Waals surface area contributed by atoms with E-state index in [1.165, 1.54) is 5.19 Å². The molecule has 0 heterocycles. The van der Waals surface area contributed by atoms with Crippen LogP contribution in [0.15, 0.2) is 212 Å². The van der Waals surface area contributed by atoms with E-state index in [4.69, 9.17) is 0 Å². The third-order valence-electron chi connectivity index (χ3n) is 9.33. The van der Waals surface area contributed by atoms with E-state index in [0.717, 1.165) is 0 Å². The Hall–Kier alpha value is -3.65. The maximum absolute atomic E-state index is 4.03. The van der Waals surface area contributed by atoms with Crippen LogP contribution in [0, 0.1) is 0 Å². The quantitative estimate of drug-likeness (QED) is 0.166. The molecule has 0 amide bonds. The average molecular weight is 818 g/mol. The SMILES string of the molecule is c1ccc([Si][CH]([Sn]([c]2ccccc2)([c]2ccccc2)[c]2ccccc2)[Sn]([c]2ccccc2)([c]2ccccc2)[c]2ccccc2)cc1. The molecule has 7 aromatic rings. The molecule has 46 heavy (non-hydrogen) atoms. The molecular formula is C43H36SiSn2. The van der Waals surface area contributed by atoms with Crippen LogP contribution in [0.3, 0.4) is 0 Å². The summed E-state index contributed by atoms with van der Waals surface area (Å²) < 4.78 is 9.72. The van der Waals surface area contributed by atoms with Gasteiger partial charge in [-0.2, -0.15) is 0 Å². The van der Waals surface area contributed by atoms with Gasteiger partial charge in [0.25, 0.3) is 0 Å². The van der Waals surface area contributed by atoms with Gasteiger partial charge in [0.1, 0.15) is 0 Å². The first kappa shape index (κ1) is 31.0. The molecule has 0 aliphatic heterocycles. The van der Waals surface area contributed by atoms with Crippen molar-refractivity contribution in [2.75, 3.05) is 0 Å². The molecule has 0 atom stereocenters. The fourth-order valence-electron chi connectivity index (χ4n) is 7.45. The first-order valence-corrected chi connectivity index (χ1v) is 28.9. The van der Waals surface area contributed by atoms with Crippen molar-refractivity contribution >= 4 is 72.9 Å². The summed E-state index contributed by atoms with van der Waals surface area (Å²) in [5.74, 6) is 0. The summed E-state index contributed by atoms with van der Waals surface area (Å²) in [6.07, 6.45) is 0. The summed E-state index contributed by atoms with van der Waals surface area (Å²) in [6, 6.07) is 81.5. The fourth-order valence-corrected chi connectivity index (χ4v) is 79.0. The van der Waals surface area contributed by atoms with Crippen LogP contribution >= 0.6 is 0 Å². The van der Waals surface area contributed by atoms with E-state index in [-0.39, 0.29) is 0 Å². The van der Waals surface area contributed by atoms with E-state index >= 15 is 0 Å². The summed E-state index contributed by atoms with van der Waals surface area (Å²) in [4.78, 5) is 0. The Bertz CT molecular complexity index is 1620. The van der Waals surface area contributed by atoms with Crippen molar-refractivity contribution in [2.24, 2.45) is 0 Å². The van der Waals surface area contributed by atoms with Crippen molar-refractivity contribution in [2.45, 2.75) is 1.57 Å². The monoisotopic (exact) mass is 820 g/mol. The molecule has 0 aromatic heterocycles. The van der Waals surface area contributed by atoms with Gasteiger partial charge in [0.05, 0.1) is 0 Å². The Kier molecular flexibility index (Phi) is 9.71. The fraction of sp³-hybridized carbons (Fsp3) is 0.0233. The van der Waals surface area contributed by atoms with Crippen LogP contribution in [0.2, 0.25) is 1.57 Å². The second-order valence-electron chi connectivity index (χ2n) is 11.8. The number of hydrogen-bond acceptors (Lipinski definition) is 0. The summed E-state index contributed by atoms with van der Waals surface area (Å²) in [5.41, 5.74) is 0. The summed E-state index contributed by atoms with van der Waals surface area (Å²) in [6.45, 7) is 0. The zero-order valence-electron chi connectivity index (χ0n) is 25.8. The van der Waals surface area contributed by atoms with Gasteiger partial charge in [-0.05, 0) is 0 Å². The predicted molar refractivity (Wildman–Crippen MR) is 204 cm³/mol. The van der Waals surface area contributed by atoms with Crippen LogP contribution in [0.1, 0.15) is 0 Å². The summed E-state index contributed by atoms with van der Waals surface area (Å²) in [5, 5.41) is 1.44. The van der Waals surface area contributed by atoms with E-state index in [9.17, 15) is 0 Å². The molecule has 3 heteroatoms. The van der Waals surface area contributed by atoms with Crippen LogP contribution in [-0.2, 0) is 0 Å². The van der Waals surface area contributed by atoms with Crippen LogP contribution in [0.4, 0.5) is 0 Å². The zero-order valence-corrected chi connectivity index (χ0v) is 32.5. The van der Waals surface area contributed by atoms with Gasteiger partial charge in [-0.25, -0.2) is 0 Å². The number of benzene rings is 7.